The summed E-state index contributed by atoms with van der Waals surface area (Å²) in [5.74, 6) is 0.780. The van der Waals surface area contributed by atoms with E-state index in [2.05, 4.69) is 22.2 Å². The Morgan fingerprint density at radius 3 is 2.71 bits per heavy atom. The molecule has 1 heterocycles. The molecule has 2 rings (SSSR count). The average molecular weight is 248 g/mol. The zero-order valence-corrected chi connectivity index (χ0v) is 10.4. The molecule has 3 nitrogen and oxygen atoms in total. The summed E-state index contributed by atoms with van der Waals surface area (Å²) >= 11 is 6.17. The number of hydrogen-bond acceptors (Lipinski definition) is 3. The van der Waals surface area contributed by atoms with E-state index in [0.717, 1.165) is 30.0 Å². The zero-order valence-electron chi connectivity index (χ0n) is 9.65. The first-order chi connectivity index (χ1) is 8.33. The predicted octanol–water partition coefficient (Wildman–Crippen LogP) is 3.62. The van der Waals surface area contributed by atoms with Crippen molar-refractivity contribution in [2.75, 3.05) is 11.9 Å². The van der Waals surface area contributed by atoms with Crippen molar-refractivity contribution < 1.29 is 0 Å². The van der Waals surface area contributed by atoms with E-state index in [0.29, 0.717) is 5.02 Å². The minimum absolute atomic E-state index is 0.688. The Morgan fingerprint density at radius 2 is 1.94 bits per heavy atom. The number of nitrogens with zero attached hydrogens (tertiary/aromatic N) is 2. The van der Waals surface area contributed by atoms with Crippen LogP contribution in [0.15, 0.2) is 36.7 Å². The van der Waals surface area contributed by atoms with E-state index >= 15 is 0 Å². The largest absolute Gasteiger partial charge is 0.368 e. The summed E-state index contributed by atoms with van der Waals surface area (Å²) in [6.07, 6.45) is 4.40. The monoisotopic (exact) mass is 247 g/mol. The van der Waals surface area contributed by atoms with Crippen LogP contribution in [-0.2, 0) is 0 Å². The third-order valence-electron chi connectivity index (χ3n) is 2.37. The van der Waals surface area contributed by atoms with Crippen LogP contribution in [0.1, 0.15) is 13.3 Å². The molecular formula is C13H14ClN3. The van der Waals surface area contributed by atoms with Gasteiger partial charge >= 0.3 is 0 Å². The molecule has 0 radical (unpaired) electrons. The Bertz CT molecular complexity index is 500. The second-order valence-corrected chi connectivity index (χ2v) is 4.07. The van der Waals surface area contributed by atoms with E-state index in [1.165, 1.54) is 0 Å². The lowest BCUT2D eigenvalue weighted by Gasteiger charge is -2.10. The van der Waals surface area contributed by atoms with E-state index in [9.17, 15) is 0 Å². The van der Waals surface area contributed by atoms with Crippen LogP contribution in [0.3, 0.4) is 0 Å². The Labute approximate surface area is 106 Å². The van der Waals surface area contributed by atoms with Crippen molar-refractivity contribution in [1.29, 1.82) is 0 Å². The van der Waals surface area contributed by atoms with Crippen molar-refractivity contribution >= 4 is 17.4 Å². The van der Waals surface area contributed by atoms with Crippen LogP contribution < -0.4 is 5.32 Å². The molecule has 0 spiro atoms. The van der Waals surface area contributed by atoms with Crippen LogP contribution in [0.5, 0.6) is 0 Å². The second kappa shape index (κ2) is 5.64. The van der Waals surface area contributed by atoms with Gasteiger partial charge in [-0.15, -0.1) is 0 Å². The molecule has 2 aromatic rings. The van der Waals surface area contributed by atoms with Gasteiger partial charge in [0.1, 0.15) is 5.69 Å². The van der Waals surface area contributed by atoms with Gasteiger partial charge in [-0.1, -0.05) is 36.7 Å². The molecule has 17 heavy (non-hydrogen) atoms. The summed E-state index contributed by atoms with van der Waals surface area (Å²) in [5, 5.41) is 3.94. The molecule has 0 unspecified atom stereocenters. The molecule has 0 aliphatic heterocycles. The number of rotatable bonds is 4. The number of halogens is 1. The number of hydrogen-bond donors (Lipinski definition) is 1. The van der Waals surface area contributed by atoms with Crippen molar-refractivity contribution in [2.24, 2.45) is 0 Å². The molecule has 1 N–H and O–H groups in total. The standard InChI is InChI=1S/C13H14ClN3/c1-2-7-16-13-12(15-8-9-17-13)10-5-3-4-6-11(10)14/h3-6,8-9H,2,7H2,1H3,(H,16,17). The van der Waals surface area contributed by atoms with Crippen molar-refractivity contribution in [1.82, 2.24) is 9.97 Å². The highest BCUT2D eigenvalue weighted by atomic mass is 35.5. The average Bonchev–Trinajstić information content (AvgIpc) is 2.37. The van der Waals surface area contributed by atoms with Gasteiger partial charge < -0.3 is 5.32 Å². The van der Waals surface area contributed by atoms with Crippen LogP contribution in [0.25, 0.3) is 11.3 Å². The summed E-state index contributed by atoms with van der Waals surface area (Å²) in [6, 6.07) is 7.65. The van der Waals surface area contributed by atoms with Crippen molar-refractivity contribution in [2.45, 2.75) is 13.3 Å². The Kier molecular flexibility index (Phi) is 3.94. The van der Waals surface area contributed by atoms with Gasteiger partial charge in [-0.25, -0.2) is 4.98 Å². The third-order valence-corrected chi connectivity index (χ3v) is 2.70. The van der Waals surface area contributed by atoms with Gasteiger partial charge in [-0.2, -0.15) is 0 Å². The minimum Gasteiger partial charge on any atom is -0.368 e. The highest BCUT2D eigenvalue weighted by Crippen LogP contribution is 2.29. The summed E-state index contributed by atoms with van der Waals surface area (Å²) in [5.41, 5.74) is 1.70. The lowest BCUT2D eigenvalue weighted by atomic mass is 10.1. The second-order valence-electron chi connectivity index (χ2n) is 3.66. The first-order valence-electron chi connectivity index (χ1n) is 5.62. The van der Waals surface area contributed by atoms with Gasteiger partial charge in [-0.05, 0) is 12.5 Å². The molecular weight excluding hydrogens is 234 g/mol. The van der Waals surface area contributed by atoms with E-state index < -0.39 is 0 Å². The van der Waals surface area contributed by atoms with Gasteiger partial charge in [0.2, 0.25) is 0 Å². The molecule has 0 aliphatic rings. The number of aromatic nitrogens is 2. The molecule has 1 aromatic heterocycles. The Hall–Kier alpha value is -1.61. The summed E-state index contributed by atoms with van der Waals surface area (Å²) < 4.78 is 0. The lowest BCUT2D eigenvalue weighted by Crippen LogP contribution is -2.04. The maximum Gasteiger partial charge on any atom is 0.152 e. The maximum absolute atomic E-state index is 6.17. The van der Waals surface area contributed by atoms with Gasteiger partial charge in [0, 0.05) is 24.5 Å². The summed E-state index contributed by atoms with van der Waals surface area (Å²) in [4.78, 5) is 8.65. The van der Waals surface area contributed by atoms with E-state index in [1.54, 1.807) is 12.4 Å². The normalized spacial score (nSPS) is 10.2. The molecule has 0 saturated heterocycles. The quantitative estimate of drug-likeness (QED) is 0.897. The Balaban J connectivity index is 2.41. The molecule has 0 amide bonds. The first kappa shape index (κ1) is 11.9. The molecule has 0 aliphatic carbocycles. The molecule has 0 saturated carbocycles. The maximum atomic E-state index is 6.17. The number of nitrogens with one attached hydrogen (secondary N) is 1. The summed E-state index contributed by atoms with van der Waals surface area (Å²) in [7, 11) is 0. The van der Waals surface area contributed by atoms with Crippen molar-refractivity contribution in [3.8, 4) is 11.3 Å². The van der Waals surface area contributed by atoms with Gasteiger partial charge in [-0.3, -0.25) is 4.98 Å². The van der Waals surface area contributed by atoms with Crippen molar-refractivity contribution in [3.05, 3.63) is 41.7 Å². The topological polar surface area (TPSA) is 37.8 Å². The summed E-state index contributed by atoms with van der Waals surface area (Å²) in [6.45, 7) is 2.98. The van der Waals surface area contributed by atoms with Crippen molar-refractivity contribution in [3.63, 3.8) is 0 Å². The first-order valence-corrected chi connectivity index (χ1v) is 6.00. The van der Waals surface area contributed by atoms with Gasteiger partial charge in [0.25, 0.3) is 0 Å². The lowest BCUT2D eigenvalue weighted by molar-refractivity contribution is 0.966. The van der Waals surface area contributed by atoms with Crippen LogP contribution >= 0.6 is 11.6 Å². The van der Waals surface area contributed by atoms with E-state index in [1.807, 2.05) is 24.3 Å². The van der Waals surface area contributed by atoms with Crippen LogP contribution in [-0.4, -0.2) is 16.5 Å². The molecule has 0 atom stereocenters. The van der Waals surface area contributed by atoms with Crippen LogP contribution in [0.4, 0.5) is 5.82 Å². The van der Waals surface area contributed by atoms with E-state index in [-0.39, 0.29) is 0 Å². The van der Waals surface area contributed by atoms with Gasteiger partial charge in [0.05, 0.1) is 5.02 Å². The zero-order chi connectivity index (χ0) is 12.1. The minimum atomic E-state index is 0.688. The molecule has 0 bridgehead atoms. The molecule has 88 valence electrons. The van der Waals surface area contributed by atoms with Crippen LogP contribution in [0.2, 0.25) is 5.02 Å². The third kappa shape index (κ3) is 2.74. The molecule has 4 heteroatoms. The van der Waals surface area contributed by atoms with Crippen LogP contribution in [0, 0.1) is 0 Å². The van der Waals surface area contributed by atoms with Gasteiger partial charge in [0.15, 0.2) is 5.82 Å². The predicted molar refractivity (Wildman–Crippen MR) is 71.3 cm³/mol. The fourth-order valence-electron chi connectivity index (χ4n) is 1.56. The fraction of sp³-hybridized carbons (Fsp3) is 0.231. The SMILES string of the molecule is CCCNc1nccnc1-c1ccccc1Cl. The number of anilines is 1. The molecule has 1 aromatic carbocycles. The number of benzene rings is 1. The Morgan fingerprint density at radius 1 is 1.18 bits per heavy atom. The van der Waals surface area contributed by atoms with E-state index in [4.69, 9.17) is 11.6 Å². The smallest absolute Gasteiger partial charge is 0.152 e. The molecule has 0 fully saturated rings. The highest BCUT2D eigenvalue weighted by molar-refractivity contribution is 6.33. The fourth-order valence-corrected chi connectivity index (χ4v) is 1.79. The highest BCUT2D eigenvalue weighted by Gasteiger charge is 2.09.